The van der Waals surface area contributed by atoms with Crippen LogP contribution in [0, 0.1) is 5.92 Å². The highest BCUT2D eigenvalue weighted by Crippen LogP contribution is 2.59. The fraction of sp³-hybridized carbons (Fsp3) is 0.207. The Morgan fingerprint density at radius 1 is 1.17 bits per heavy atom. The predicted molar refractivity (Wildman–Crippen MR) is 147 cm³/mol. The van der Waals surface area contributed by atoms with Crippen LogP contribution in [-0.4, -0.2) is 34.0 Å². The number of hydrazine groups is 1. The zero-order valence-corrected chi connectivity index (χ0v) is 22.9. The SMILES string of the molecule is C=CC1=CCC2C(=O)N(Nc3ncc(C(F)(F)F)cc3Cl)C(=O)C2(c2ccc(Cl)cc2)C1c1ccc(OC)cc1O. The van der Waals surface area contributed by atoms with Crippen molar-refractivity contribution < 1.29 is 32.6 Å². The maximum Gasteiger partial charge on any atom is 0.417 e. The zero-order valence-electron chi connectivity index (χ0n) is 21.4. The Kier molecular flexibility index (Phi) is 7.25. The molecular weight excluding hydrogens is 582 g/mol. The number of hydrogen-bond acceptors (Lipinski definition) is 6. The predicted octanol–water partition coefficient (Wildman–Crippen LogP) is 6.67. The Hall–Kier alpha value is -4.02. The number of hydrogen-bond donors (Lipinski definition) is 2. The maximum atomic E-state index is 14.6. The average Bonchev–Trinajstić information content (AvgIpc) is 3.15. The molecule has 212 valence electrons. The molecule has 2 heterocycles. The first-order valence-electron chi connectivity index (χ1n) is 12.3. The van der Waals surface area contributed by atoms with Gasteiger partial charge in [0.25, 0.3) is 11.8 Å². The summed E-state index contributed by atoms with van der Waals surface area (Å²) in [6, 6.07) is 11.7. The number of methoxy groups -OCH3 is 1. The molecule has 0 saturated carbocycles. The van der Waals surface area contributed by atoms with Crippen molar-refractivity contribution in [3.8, 4) is 11.5 Å². The topological polar surface area (TPSA) is 91.8 Å². The van der Waals surface area contributed by atoms with Gasteiger partial charge >= 0.3 is 6.18 Å². The van der Waals surface area contributed by atoms with Crippen LogP contribution in [0.3, 0.4) is 0 Å². The van der Waals surface area contributed by atoms with Crippen LogP contribution in [0.1, 0.15) is 29.0 Å². The van der Waals surface area contributed by atoms with Crippen molar-refractivity contribution in [3.05, 3.63) is 106 Å². The van der Waals surface area contributed by atoms with Gasteiger partial charge in [0, 0.05) is 28.8 Å². The van der Waals surface area contributed by atoms with Gasteiger partial charge in [0.2, 0.25) is 0 Å². The van der Waals surface area contributed by atoms with E-state index in [4.69, 9.17) is 27.9 Å². The molecule has 3 unspecified atom stereocenters. The number of carbonyl (C=O) groups excluding carboxylic acids is 2. The van der Waals surface area contributed by atoms with E-state index in [2.05, 4.69) is 17.0 Å². The molecular formula is C29H22Cl2F3N3O4. The van der Waals surface area contributed by atoms with Gasteiger partial charge in [-0.3, -0.25) is 15.0 Å². The van der Waals surface area contributed by atoms with Crippen molar-refractivity contribution >= 4 is 40.8 Å². The maximum absolute atomic E-state index is 14.6. The Morgan fingerprint density at radius 3 is 2.46 bits per heavy atom. The summed E-state index contributed by atoms with van der Waals surface area (Å²) in [6.45, 7) is 3.91. The number of alkyl halides is 3. The average molecular weight is 604 g/mol. The van der Waals surface area contributed by atoms with Crippen molar-refractivity contribution in [1.82, 2.24) is 9.99 Å². The molecule has 1 aromatic heterocycles. The number of fused-ring (bicyclic) bond motifs is 1. The lowest BCUT2D eigenvalue weighted by atomic mass is 9.56. The van der Waals surface area contributed by atoms with Gasteiger partial charge in [-0.15, -0.1) is 0 Å². The number of phenols is 1. The number of pyridine rings is 1. The number of benzene rings is 2. The lowest BCUT2D eigenvalue weighted by Gasteiger charge is -2.43. The Balaban J connectivity index is 1.70. The van der Waals surface area contributed by atoms with Gasteiger partial charge in [0.1, 0.15) is 11.5 Å². The van der Waals surface area contributed by atoms with Crippen LogP contribution >= 0.6 is 23.2 Å². The van der Waals surface area contributed by atoms with E-state index in [-0.39, 0.29) is 18.0 Å². The van der Waals surface area contributed by atoms with Crippen molar-refractivity contribution in [1.29, 1.82) is 0 Å². The van der Waals surface area contributed by atoms with E-state index in [1.807, 2.05) is 0 Å². The van der Waals surface area contributed by atoms with Crippen LogP contribution in [0.5, 0.6) is 11.5 Å². The third kappa shape index (κ3) is 4.61. The summed E-state index contributed by atoms with van der Waals surface area (Å²) in [5.41, 5.74) is 1.22. The second-order valence-electron chi connectivity index (χ2n) is 9.57. The molecule has 2 aromatic carbocycles. The third-order valence-electron chi connectivity index (χ3n) is 7.50. The summed E-state index contributed by atoms with van der Waals surface area (Å²) >= 11 is 12.3. The lowest BCUT2D eigenvalue weighted by Crippen LogP contribution is -2.48. The van der Waals surface area contributed by atoms with E-state index < -0.39 is 45.8 Å². The van der Waals surface area contributed by atoms with Gasteiger partial charge in [0.05, 0.1) is 29.0 Å². The number of ether oxygens (including phenoxy) is 1. The summed E-state index contributed by atoms with van der Waals surface area (Å²) in [7, 11) is 1.44. The highest BCUT2D eigenvalue weighted by Gasteiger charge is 2.66. The summed E-state index contributed by atoms with van der Waals surface area (Å²) in [5, 5.41) is 11.8. The van der Waals surface area contributed by atoms with E-state index >= 15 is 0 Å². The number of nitrogens with zero attached hydrogens (tertiary/aromatic N) is 2. The van der Waals surface area contributed by atoms with Crippen LogP contribution in [0.2, 0.25) is 10.0 Å². The molecule has 1 saturated heterocycles. The Labute approximate surface area is 242 Å². The first-order chi connectivity index (χ1) is 19.4. The largest absolute Gasteiger partial charge is 0.508 e. The van der Waals surface area contributed by atoms with Crippen molar-refractivity contribution in [3.63, 3.8) is 0 Å². The smallest absolute Gasteiger partial charge is 0.417 e. The molecule has 7 nitrogen and oxygen atoms in total. The second kappa shape index (κ2) is 10.4. The fourth-order valence-corrected chi connectivity index (χ4v) is 5.99. The molecule has 41 heavy (non-hydrogen) atoms. The number of carbonyl (C=O) groups is 2. The molecule has 3 aromatic rings. The summed E-state index contributed by atoms with van der Waals surface area (Å²) in [4.78, 5) is 32.2. The minimum Gasteiger partial charge on any atom is -0.508 e. The van der Waals surface area contributed by atoms with Crippen molar-refractivity contribution in [2.75, 3.05) is 12.5 Å². The molecule has 3 atom stereocenters. The van der Waals surface area contributed by atoms with Gasteiger partial charge in [-0.2, -0.15) is 18.2 Å². The Bertz CT molecular complexity index is 1590. The molecule has 5 rings (SSSR count). The number of allylic oxidation sites excluding steroid dienone is 3. The molecule has 0 spiro atoms. The van der Waals surface area contributed by atoms with E-state index in [1.165, 1.54) is 13.2 Å². The minimum atomic E-state index is -4.69. The minimum absolute atomic E-state index is 0.133. The number of amides is 2. The Morgan fingerprint density at radius 2 is 1.88 bits per heavy atom. The number of halogens is 5. The van der Waals surface area contributed by atoms with Crippen molar-refractivity contribution in [2.45, 2.75) is 23.9 Å². The molecule has 2 aliphatic rings. The van der Waals surface area contributed by atoms with Gasteiger partial charge < -0.3 is 9.84 Å². The summed E-state index contributed by atoms with van der Waals surface area (Å²) in [5.74, 6) is -3.36. The van der Waals surface area contributed by atoms with Crippen LogP contribution in [0.15, 0.2) is 79.0 Å². The molecule has 1 fully saturated rings. The molecule has 1 aliphatic heterocycles. The number of nitrogens with one attached hydrogen (secondary N) is 1. The third-order valence-corrected chi connectivity index (χ3v) is 8.04. The standard InChI is InChI=1S/C29H22Cl2F3N3O4/c1-3-15-4-11-21-26(39)37(36-25-22(31)12-17(14-35-25)29(32,33)34)27(40)28(21,16-5-7-18(30)8-6-16)24(15)20-10-9-19(41-2)13-23(20)38/h3-10,12-14,21,24,38H,1,11H2,2H3,(H,35,36). The van der Waals surface area contributed by atoms with Crippen LogP contribution in [0.4, 0.5) is 19.0 Å². The highest BCUT2D eigenvalue weighted by atomic mass is 35.5. The highest BCUT2D eigenvalue weighted by molar-refractivity contribution is 6.33. The molecule has 2 N–H and O–H groups in total. The molecule has 1 aliphatic carbocycles. The van der Waals surface area contributed by atoms with E-state index in [0.29, 0.717) is 39.7 Å². The number of rotatable bonds is 6. The first-order valence-corrected chi connectivity index (χ1v) is 13.0. The number of aromatic nitrogens is 1. The van der Waals surface area contributed by atoms with Crippen molar-refractivity contribution in [2.24, 2.45) is 5.92 Å². The zero-order chi connectivity index (χ0) is 29.7. The van der Waals surface area contributed by atoms with Gasteiger partial charge in [-0.05, 0) is 41.8 Å². The van der Waals surface area contributed by atoms with E-state index in [1.54, 1.807) is 48.6 Å². The lowest BCUT2D eigenvalue weighted by molar-refractivity contribution is -0.139. The van der Waals surface area contributed by atoms with Gasteiger partial charge in [-0.25, -0.2) is 4.98 Å². The molecule has 12 heteroatoms. The quantitative estimate of drug-likeness (QED) is 0.306. The summed E-state index contributed by atoms with van der Waals surface area (Å²) < 4.78 is 44.7. The van der Waals surface area contributed by atoms with E-state index in [0.717, 1.165) is 5.01 Å². The second-order valence-corrected chi connectivity index (χ2v) is 10.4. The number of phenolic OH excluding ortho intramolecular Hbond substituents is 1. The number of anilines is 1. The monoisotopic (exact) mass is 603 g/mol. The van der Waals surface area contributed by atoms with Gasteiger partial charge in [0.15, 0.2) is 5.82 Å². The normalized spacial score (nSPS) is 22.3. The van der Waals surface area contributed by atoms with Crippen LogP contribution < -0.4 is 10.2 Å². The number of imide groups is 1. The number of aromatic hydroxyl groups is 1. The van der Waals surface area contributed by atoms with Gasteiger partial charge in [-0.1, -0.05) is 60.1 Å². The molecule has 0 bridgehead atoms. The van der Waals surface area contributed by atoms with Crippen LogP contribution in [0.25, 0.3) is 0 Å². The molecule has 0 radical (unpaired) electrons. The summed E-state index contributed by atoms with van der Waals surface area (Å²) in [6.07, 6.45) is -0.671. The first kappa shape index (κ1) is 28.5. The fourth-order valence-electron chi connectivity index (χ4n) is 5.66. The molecule has 2 amide bonds. The van der Waals surface area contributed by atoms with Crippen LogP contribution in [-0.2, 0) is 21.2 Å². The van der Waals surface area contributed by atoms with E-state index in [9.17, 15) is 27.9 Å².